The molecule has 0 saturated carbocycles. The van der Waals surface area contributed by atoms with E-state index in [0.717, 1.165) is 29.8 Å². The predicted molar refractivity (Wildman–Crippen MR) is 115 cm³/mol. The van der Waals surface area contributed by atoms with E-state index in [9.17, 15) is 14.4 Å². The fourth-order valence-electron chi connectivity index (χ4n) is 4.67. The van der Waals surface area contributed by atoms with Gasteiger partial charge in [-0.15, -0.1) is 0 Å². The van der Waals surface area contributed by atoms with Gasteiger partial charge in [0.2, 0.25) is 11.8 Å². The second-order valence-corrected chi connectivity index (χ2v) is 9.79. The van der Waals surface area contributed by atoms with Gasteiger partial charge < -0.3 is 19.3 Å². The highest BCUT2D eigenvalue weighted by Gasteiger charge is 2.44. The van der Waals surface area contributed by atoms with E-state index in [-0.39, 0.29) is 29.4 Å². The number of fused-ring (bicyclic) bond motifs is 2. The zero-order valence-corrected chi connectivity index (χ0v) is 18.7. The highest BCUT2D eigenvalue weighted by atomic mass is 16.6. The van der Waals surface area contributed by atoms with Gasteiger partial charge >= 0.3 is 6.09 Å². The van der Waals surface area contributed by atoms with Crippen LogP contribution in [0.25, 0.3) is 0 Å². The van der Waals surface area contributed by atoms with E-state index in [1.54, 1.807) is 4.90 Å². The number of likely N-dealkylation sites (N-methyl/N-ethyl adjacent to an activating group) is 1. The van der Waals surface area contributed by atoms with Gasteiger partial charge in [0.25, 0.3) is 0 Å². The third-order valence-electron chi connectivity index (χ3n) is 6.50. The zero-order chi connectivity index (χ0) is 22.4. The van der Waals surface area contributed by atoms with Gasteiger partial charge in [0.1, 0.15) is 17.4 Å². The molecule has 1 aromatic rings. The van der Waals surface area contributed by atoms with E-state index in [2.05, 4.69) is 11.4 Å². The first-order chi connectivity index (χ1) is 14.6. The Morgan fingerprint density at radius 3 is 2.61 bits per heavy atom. The Balaban J connectivity index is 1.45. The number of amides is 3. The minimum absolute atomic E-state index is 0.0976. The molecule has 8 nitrogen and oxygen atoms in total. The Morgan fingerprint density at radius 2 is 1.97 bits per heavy atom. The molecule has 2 fully saturated rings. The van der Waals surface area contributed by atoms with Crippen LogP contribution in [-0.2, 0) is 19.7 Å². The molecule has 1 unspecified atom stereocenters. The molecule has 0 aromatic heterocycles. The van der Waals surface area contributed by atoms with E-state index < -0.39 is 5.60 Å². The topological polar surface area (TPSA) is 88.2 Å². The number of nitrogens with one attached hydrogen (secondary N) is 1. The second-order valence-electron chi connectivity index (χ2n) is 9.79. The number of carbonyl (C=O) groups is 3. The average molecular weight is 430 g/mol. The molecule has 31 heavy (non-hydrogen) atoms. The number of hydrogen-bond acceptors (Lipinski definition) is 6. The van der Waals surface area contributed by atoms with Crippen LogP contribution in [0.5, 0.6) is 5.75 Å². The van der Waals surface area contributed by atoms with Crippen molar-refractivity contribution in [3.8, 4) is 5.75 Å². The number of anilines is 1. The van der Waals surface area contributed by atoms with Crippen molar-refractivity contribution >= 4 is 23.6 Å². The lowest BCUT2D eigenvalue weighted by molar-refractivity contribution is -0.134. The molecule has 2 saturated heterocycles. The molecule has 0 radical (unpaired) electrons. The summed E-state index contributed by atoms with van der Waals surface area (Å²) in [7, 11) is 1.87. The van der Waals surface area contributed by atoms with Crippen molar-refractivity contribution in [1.82, 2.24) is 10.2 Å². The SMILES string of the molecule is CN(c1ccc2c(c1)OCC21CCN(C(=O)OC(C)(C)C)CC1)C1CCC(=O)NC1=O. The maximum absolute atomic E-state index is 12.4. The Labute approximate surface area is 182 Å². The van der Waals surface area contributed by atoms with Gasteiger partial charge in [-0.1, -0.05) is 6.07 Å². The molecular formula is C23H31N3O5. The van der Waals surface area contributed by atoms with Gasteiger partial charge in [0, 0.05) is 49.3 Å². The molecule has 0 aliphatic carbocycles. The largest absolute Gasteiger partial charge is 0.492 e. The summed E-state index contributed by atoms with van der Waals surface area (Å²) in [5.41, 5.74) is 1.45. The smallest absolute Gasteiger partial charge is 0.410 e. The molecule has 4 rings (SSSR count). The number of carbonyl (C=O) groups excluding carboxylic acids is 3. The molecule has 1 atom stereocenters. The maximum Gasteiger partial charge on any atom is 0.410 e. The fraction of sp³-hybridized carbons (Fsp3) is 0.609. The van der Waals surface area contributed by atoms with Crippen LogP contribution in [0.2, 0.25) is 0 Å². The first-order valence-electron chi connectivity index (χ1n) is 10.9. The Morgan fingerprint density at radius 1 is 1.26 bits per heavy atom. The van der Waals surface area contributed by atoms with Crippen LogP contribution in [0.4, 0.5) is 10.5 Å². The third-order valence-corrected chi connectivity index (χ3v) is 6.50. The normalized spacial score (nSPS) is 22.6. The highest BCUT2D eigenvalue weighted by Crippen LogP contribution is 2.47. The summed E-state index contributed by atoms with van der Waals surface area (Å²) in [6.45, 7) is 7.49. The molecule has 3 heterocycles. The highest BCUT2D eigenvalue weighted by molar-refractivity contribution is 6.01. The number of nitrogens with zero attached hydrogens (tertiary/aromatic N) is 2. The van der Waals surface area contributed by atoms with Crippen molar-refractivity contribution in [2.45, 2.75) is 63.5 Å². The molecular weight excluding hydrogens is 398 g/mol. The summed E-state index contributed by atoms with van der Waals surface area (Å²) in [6, 6.07) is 5.71. The van der Waals surface area contributed by atoms with Crippen molar-refractivity contribution in [3.05, 3.63) is 23.8 Å². The first kappa shape index (κ1) is 21.5. The van der Waals surface area contributed by atoms with Gasteiger partial charge in [0.05, 0.1) is 6.61 Å². The van der Waals surface area contributed by atoms with E-state index in [1.807, 2.05) is 44.9 Å². The lowest BCUT2D eigenvalue weighted by Gasteiger charge is -2.39. The minimum Gasteiger partial charge on any atom is -0.492 e. The summed E-state index contributed by atoms with van der Waals surface area (Å²) < 4.78 is 11.6. The van der Waals surface area contributed by atoms with Gasteiger partial charge in [-0.25, -0.2) is 4.79 Å². The molecule has 8 heteroatoms. The summed E-state index contributed by atoms with van der Waals surface area (Å²) in [5.74, 6) is 0.361. The van der Waals surface area contributed by atoms with E-state index in [4.69, 9.17) is 9.47 Å². The number of piperidine rings is 2. The summed E-state index contributed by atoms with van der Waals surface area (Å²) in [4.78, 5) is 39.7. The monoisotopic (exact) mass is 429 g/mol. The molecule has 3 amide bonds. The van der Waals surface area contributed by atoms with E-state index >= 15 is 0 Å². The minimum atomic E-state index is -0.500. The van der Waals surface area contributed by atoms with Gasteiger partial charge in [-0.05, 0) is 46.1 Å². The maximum atomic E-state index is 12.4. The summed E-state index contributed by atoms with van der Waals surface area (Å²) in [5, 5.41) is 2.41. The van der Waals surface area contributed by atoms with Crippen LogP contribution in [0, 0.1) is 0 Å². The number of ether oxygens (including phenoxy) is 2. The number of rotatable bonds is 2. The van der Waals surface area contributed by atoms with E-state index in [0.29, 0.717) is 32.5 Å². The fourth-order valence-corrected chi connectivity index (χ4v) is 4.67. The molecule has 1 aromatic carbocycles. The van der Waals surface area contributed by atoms with Gasteiger partial charge in [-0.2, -0.15) is 0 Å². The Hall–Kier alpha value is -2.77. The van der Waals surface area contributed by atoms with Crippen LogP contribution < -0.4 is 15.0 Å². The van der Waals surface area contributed by atoms with Crippen molar-refractivity contribution in [2.75, 3.05) is 31.6 Å². The summed E-state index contributed by atoms with van der Waals surface area (Å²) in [6.07, 6.45) is 2.23. The molecule has 3 aliphatic rings. The molecule has 1 spiro atoms. The number of likely N-dealkylation sites (tertiary alicyclic amines) is 1. The number of hydrogen-bond donors (Lipinski definition) is 1. The van der Waals surface area contributed by atoms with Crippen LogP contribution in [-0.4, -0.2) is 61.2 Å². The molecule has 1 N–H and O–H groups in total. The van der Waals surface area contributed by atoms with Crippen molar-refractivity contribution < 1.29 is 23.9 Å². The Bertz CT molecular complexity index is 899. The van der Waals surface area contributed by atoms with Gasteiger partial charge in [0.15, 0.2) is 0 Å². The average Bonchev–Trinajstić information content (AvgIpc) is 3.04. The van der Waals surface area contributed by atoms with Crippen LogP contribution in [0.1, 0.15) is 52.0 Å². The zero-order valence-electron chi connectivity index (χ0n) is 18.7. The van der Waals surface area contributed by atoms with Crippen LogP contribution in [0.15, 0.2) is 18.2 Å². The number of benzene rings is 1. The molecule has 0 bridgehead atoms. The predicted octanol–water partition coefficient (Wildman–Crippen LogP) is 2.59. The quantitative estimate of drug-likeness (QED) is 0.727. The lowest BCUT2D eigenvalue weighted by Crippen LogP contribution is -2.51. The lowest BCUT2D eigenvalue weighted by atomic mass is 9.74. The Kier molecular flexibility index (Phi) is 5.35. The van der Waals surface area contributed by atoms with Crippen molar-refractivity contribution in [1.29, 1.82) is 0 Å². The van der Waals surface area contributed by atoms with Gasteiger partial charge in [-0.3, -0.25) is 14.9 Å². The molecule has 168 valence electrons. The third kappa shape index (κ3) is 4.20. The standard InChI is InChI=1S/C23H31N3O5/c1-22(2,3)31-21(29)26-11-9-23(10-12-26)14-30-18-13-15(5-6-16(18)23)25(4)17-7-8-19(27)24-20(17)28/h5-6,13,17H,7-12,14H2,1-4H3,(H,24,27,28). The molecule has 3 aliphatic heterocycles. The van der Waals surface area contributed by atoms with Crippen molar-refractivity contribution in [2.24, 2.45) is 0 Å². The van der Waals surface area contributed by atoms with Crippen LogP contribution >= 0.6 is 0 Å². The van der Waals surface area contributed by atoms with E-state index in [1.165, 1.54) is 0 Å². The second kappa shape index (κ2) is 7.73. The first-order valence-corrected chi connectivity index (χ1v) is 10.9. The number of imide groups is 1. The van der Waals surface area contributed by atoms with Crippen molar-refractivity contribution in [3.63, 3.8) is 0 Å². The summed E-state index contributed by atoms with van der Waals surface area (Å²) >= 11 is 0. The van der Waals surface area contributed by atoms with Crippen LogP contribution in [0.3, 0.4) is 0 Å².